The van der Waals surface area contributed by atoms with Gasteiger partial charge in [0.25, 0.3) is 0 Å². The van der Waals surface area contributed by atoms with Crippen molar-refractivity contribution in [3.63, 3.8) is 0 Å². The summed E-state index contributed by atoms with van der Waals surface area (Å²) in [6, 6.07) is 0. The molecular weight excluding hydrogens is 246 g/mol. The highest BCUT2D eigenvalue weighted by molar-refractivity contribution is 5.82. The van der Waals surface area contributed by atoms with Crippen LogP contribution < -0.4 is 0 Å². The molecule has 0 aromatic heterocycles. The lowest BCUT2D eigenvalue weighted by Gasteiger charge is -2.33. The van der Waals surface area contributed by atoms with Crippen LogP contribution in [0, 0.1) is 11.3 Å². The van der Waals surface area contributed by atoms with Crippen LogP contribution in [0.5, 0.6) is 0 Å². The van der Waals surface area contributed by atoms with Crippen LogP contribution in [0.4, 0.5) is 4.79 Å². The van der Waals surface area contributed by atoms with E-state index in [1.807, 2.05) is 20.8 Å². The van der Waals surface area contributed by atoms with Crippen LogP contribution in [-0.4, -0.2) is 42.3 Å². The van der Waals surface area contributed by atoms with E-state index in [1.165, 1.54) is 0 Å². The molecular formula is C14H23NO4. The molecule has 2 fully saturated rings. The fraction of sp³-hybridized carbons (Fsp3) is 0.857. The summed E-state index contributed by atoms with van der Waals surface area (Å²) in [6.07, 6.45) is 1.37. The number of piperidine rings is 1. The molecule has 0 spiro atoms. The van der Waals surface area contributed by atoms with Crippen LogP contribution >= 0.6 is 0 Å². The molecule has 1 heterocycles. The van der Waals surface area contributed by atoms with Crippen molar-refractivity contribution >= 4 is 12.1 Å². The lowest BCUT2D eigenvalue weighted by Crippen LogP contribution is -2.46. The average Bonchev–Trinajstić information content (AvgIpc) is 3.01. The minimum absolute atomic E-state index is 0.159. The first kappa shape index (κ1) is 14.2. The molecule has 1 saturated heterocycles. The topological polar surface area (TPSA) is 55.8 Å². The molecule has 0 radical (unpaired) electrons. The number of hydrogen-bond acceptors (Lipinski definition) is 4. The van der Waals surface area contributed by atoms with Crippen LogP contribution in [-0.2, 0) is 14.3 Å². The van der Waals surface area contributed by atoms with E-state index in [-0.39, 0.29) is 12.1 Å². The van der Waals surface area contributed by atoms with Crippen molar-refractivity contribution in [2.24, 2.45) is 11.3 Å². The van der Waals surface area contributed by atoms with Crippen molar-refractivity contribution in [3.8, 4) is 0 Å². The van der Waals surface area contributed by atoms with Crippen molar-refractivity contribution in [1.29, 1.82) is 0 Å². The highest BCUT2D eigenvalue weighted by Crippen LogP contribution is 2.58. The fourth-order valence-corrected chi connectivity index (χ4v) is 2.76. The Labute approximate surface area is 114 Å². The second kappa shape index (κ2) is 4.69. The standard InChI is InChI=1S/C14H23NO4/c1-5-18-11(16)14-8-10(14)6-7-15(9-14)12(17)19-13(2,3)4/h10H,5-9H2,1-4H3/t10-,14+/m0/s1. The third-order valence-corrected chi connectivity index (χ3v) is 3.79. The minimum Gasteiger partial charge on any atom is -0.466 e. The van der Waals surface area contributed by atoms with Crippen molar-refractivity contribution in [1.82, 2.24) is 4.90 Å². The van der Waals surface area contributed by atoms with Gasteiger partial charge in [0.2, 0.25) is 0 Å². The Morgan fingerprint density at radius 3 is 2.63 bits per heavy atom. The van der Waals surface area contributed by atoms with Gasteiger partial charge in [-0.2, -0.15) is 0 Å². The van der Waals surface area contributed by atoms with Gasteiger partial charge in [-0.1, -0.05) is 0 Å². The normalized spacial score (nSPS) is 29.5. The van der Waals surface area contributed by atoms with Crippen molar-refractivity contribution in [2.75, 3.05) is 19.7 Å². The van der Waals surface area contributed by atoms with Gasteiger partial charge >= 0.3 is 12.1 Å². The predicted molar refractivity (Wildman–Crippen MR) is 69.6 cm³/mol. The molecule has 2 rings (SSSR count). The quantitative estimate of drug-likeness (QED) is 0.721. The van der Waals surface area contributed by atoms with E-state index in [2.05, 4.69) is 0 Å². The summed E-state index contributed by atoms with van der Waals surface area (Å²) in [6.45, 7) is 8.83. The molecule has 1 aliphatic heterocycles. The molecule has 5 nitrogen and oxygen atoms in total. The first-order chi connectivity index (χ1) is 8.78. The molecule has 1 saturated carbocycles. The number of carbonyl (C=O) groups excluding carboxylic acids is 2. The molecule has 0 unspecified atom stereocenters. The Balaban J connectivity index is 1.99. The number of likely N-dealkylation sites (tertiary alicyclic amines) is 1. The van der Waals surface area contributed by atoms with E-state index in [0.29, 0.717) is 25.6 Å². The third-order valence-electron chi connectivity index (χ3n) is 3.79. The summed E-state index contributed by atoms with van der Waals surface area (Å²) in [7, 11) is 0. The number of esters is 1. The molecule has 0 bridgehead atoms. The Morgan fingerprint density at radius 2 is 2.05 bits per heavy atom. The maximum atomic E-state index is 12.1. The van der Waals surface area contributed by atoms with Crippen LogP contribution in [0.15, 0.2) is 0 Å². The van der Waals surface area contributed by atoms with Crippen molar-refractivity contribution < 1.29 is 19.1 Å². The lowest BCUT2D eigenvalue weighted by molar-refractivity contribution is -0.151. The van der Waals surface area contributed by atoms with Crippen LogP contribution in [0.1, 0.15) is 40.5 Å². The molecule has 2 atom stereocenters. The molecule has 0 aromatic rings. The molecule has 1 amide bonds. The molecule has 1 aliphatic carbocycles. The number of hydrogen-bond donors (Lipinski definition) is 0. The van der Waals surface area contributed by atoms with Gasteiger partial charge in [0.15, 0.2) is 0 Å². The Hall–Kier alpha value is -1.26. The zero-order chi connectivity index (χ0) is 14.3. The van der Waals surface area contributed by atoms with Gasteiger partial charge in [-0.15, -0.1) is 0 Å². The molecule has 5 heteroatoms. The number of amides is 1. The third kappa shape index (κ3) is 2.85. The monoisotopic (exact) mass is 269 g/mol. The SMILES string of the molecule is CCOC(=O)[C@@]12C[C@@H]1CCN(C(=O)OC(C)(C)C)C2. The van der Waals surface area contributed by atoms with E-state index in [0.717, 1.165) is 12.8 Å². The van der Waals surface area contributed by atoms with E-state index >= 15 is 0 Å². The van der Waals surface area contributed by atoms with Gasteiger partial charge in [-0.05, 0) is 46.5 Å². The zero-order valence-electron chi connectivity index (χ0n) is 12.2. The fourth-order valence-electron chi connectivity index (χ4n) is 2.76. The molecule has 108 valence electrons. The van der Waals surface area contributed by atoms with Gasteiger partial charge in [0, 0.05) is 13.1 Å². The maximum absolute atomic E-state index is 12.1. The summed E-state index contributed by atoms with van der Waals surface area (Å²) in [5.41, 5.74) is -0.959. The van der Waals surface area contributed by atoms with Crippen molar-refractivity contribution in [3.05, 3.63) is 0 Å². The Morgan fingerprint density at radius 1 is 1.37 bits per heavy atom. The summed E-state index contributed by atoms with van der Waals surface area (Å²) >= 11 is 0. The smallest absolute Gasteiger partial charge is 0.410 e. The lowest BCUT2D eigenvalue weighted by atomic mass is 9.97. The highest BCUT2D eigenvalue weighted by atomic mass is 16.6. The van der Waals surface area contributed by atoms with Gasteiger partial charge in [-0.25, -0.2) is 4.79 Å². The predicted octanol–water partition coefficient (Wildman–Crippen LogP) is 2.20. The first-order valence-electron chi connectivity index (χ1n) is 6.93. The second-order valence-electron chi connectivity index (χ2n) is 6.47. The average molecular weight is 269 g/mol. The number of ether oxygens (including phenoxy) is 2. The van der Waals surface area contributed by atoms with Gasteiger partial charge in [-0.3, -0.25) is 4.79 Å². The zero-order valence-corrected chi connectivity index (χ0v) is 12.2. The van der Waals surface area contributed by atoms with Crippen LogP contribution in [0.25, 0.3) is 0 Å². The summed E-state index contributed by atoms with van der Waals surface area (Å²) in [4.78, 5) is 25.7. The van der Waals surface area contributed by atoms with Crippen molar-refractivity contribution in [2.45, 2.75) is 46.1 Å². The van der Waals surface area contributed by atoms with E-state index in [9.17, 15) is 9.59 Å². The summed E-state index contributed by atoms with van der Waals surface area (Å²) < 4.78 is 10.5. The number of fused-ring (bicyclic) bond motifs is 1. The molecule has 0 aromatic carbocycles. The highest BCUT2D eigenvalue weighted by Gasteiger charge is 2.64. The first-order valence-corrected chi connectivity index (χ1v) is 6.93. The maximum Gasteiger partial charge on any atom is 0.410 e. The largest absolute Gasteiger partial charge is 0.466 e. The number of carbonyl (C=O) groups is 2. The van der Waals surface area contributed by atoms with Gasteiger partial charge in [0.05, 0.1) is 12.0 Å². The number of rotatable bonds is 2. The number of nitrogens with zero attached hydrogens (tertiary/aromatic N) is 1. The van der Waals surface area contributed by atoms with Gasteiger partial charge < -0.3 is 14.4 Å². The minimum atomic E-state index is -0.505. The summed E-state index contributed by atoms with van der Waals surface area (Å²) in [5, 5.41) is 0. The molecule has 19 heavy (non-hydrogen) atoms. The van der Waals surface area contributed by atoms with E-state index in [4.69, 9.17) is 9.47 Å². The molecule has 2 aliphatic rings. The van der Waals surface area contributed by atoms with Gasteiger partial charge in [0.1, 0.15) is 5.60 Å². The summed E-state index contributed by atoms with van der Waals surface area (Å²) in [5.74, 6) is 0.221. The second-order valence-corrected chi connectivity index (χ2v) is 6.47. The van der Waals surface area contributed by atoms with E-state index < -0.39 is 11.0 Å². The Kier molecular flexibility index (Phi) is 3.49. The molecule has 0 N–H and O–H groups in total. The van der Waals surface area contributed by atoms with Crippen LogP contribution in [0.3, 0.4) is 0 Å². The Bertz CT molecular complexity index is 387. The van der Waals surface area contributed by atoms with E-state index in [1.54, 1.807) is 11.8 Å². The van der Waals surface area contributed by atoms with Crippen LogP contribution in [0.2, 0.25) is 0 Å².